The Labute approximate surface area is 153 Å². The van der Waals surface area contributed by atoms with Crippen molar-refractivity contribution in [2.45, 2.75) is 32.6 Å². The van der Waals surface area contributed by atoms with Crippen LogP contribution >= 0.6 is 0 Å². The predicted octanol–water partition coefficient (Wildman–Crippen LogP) is 2.08. The molecule has 1 unspecified atom stereocenters. The Morgan fingerprint density at radius 2 is 1.88 bits per heavy atom. The summed E-state index contributed by atoms with van der Waals surface area (Å²) in [7, 11) is 0. The van der Waals surface area contributed by atoms with Gasteiger partial charge in [0, 0.05) is 44.6 Å². The molecule has 4 heterocycles. The van der Waals surface area contributed by atoms with Gasteiger partial charge in [0.15, 0.2) is 0 Å². The summed E-state index contributed by atoms with van der Waals surface area (Å²) >= 11 is 0. The molecule has 138 valence electrons. The quantitative estimate of drug-likeness (QED) is 0.836. The number of hydrogen-bond acceptors (Lipinski definition) is 6. The number of rotatable bonds is 4. The number of nitrogens with zero attached hydrogens (tertiary/aromatic N) is 5. The average molecular weight is 355 g/mol. The summed E-state index contributed by atoms with van der Waals surface area (Å²) in [5, 5.41) is 3.86. The fraction of sp³-hybridized carbons (Fsp3) is 0.579. The third-order valence-electron chi connectivity index (χ3n) is 5.62. The molecule has 0 N–H and O–H groups in total. The van der Waals surface area contributed by atoms with Crippen molar-refractivity contribution in [1.29, 1.82) is 0 Å². The van der Waals surface area contributed by atoms with Crippen molar-refractivity contribution in [2.75, 3.05) is 31.1 Å². The number of amides is 1. The van der Waals surface area contributed by atoms with Crippen molar-refractivity contribution >= 4 is 11.9 Å². The van der Waals surface area contributed by atoms with Gasteiger partial charge in [-0.25, -0.2) is 9.97 Å². The second-order valence-electron chi connectivity index (χ2n) is 7.37. The smallest absolute Gasteiger partial charge is 0.230 e. The van der Waals surface area contributed by atoms with Crippen LogP contribution in [0.15, 0.2) is 29.0 Å². The summed E-state index contributed by atoms with van der Waals surface area (Å²) in [6.07, 6.45) is 7.30. The molecule has 1 atom stereocenters. The van der Waals surface area contributed by atoms with Crippen molar-refractivity contribution in [1.82, 2.24) is 20.0 Å². The first kappa shape index (κ1) is 17.0. The molecule has 1 amide bonds. The van der Waals surface area contributed by atoms with Gasteiger partial charge in [-0.05, 0) is 44.1 Å². The van der Waals surface area contributed by atoms with Crippen molar-refractivity contribution in [3.8, 4) is 0 Å². The summed E-state index contributed by atoms with van der Waals surface area (Å²) in [6, 6.07) is 3.69. The lowest BCUT2D eigenvalue weighted by atomic mass is 9.84. The molecule has 7 heteroatoms. The lowest BCUT2D eigenvalue weighted by Gasteiger charge is -2.34. The van der Waals surface area contributed by atoms with Crippen LogP contribution in [0.1, 0.15) is 30.7 Å². The molecule has 0 radical (unpaired) electrons. The Hall–Kier alpha value is -2.44. The van der Waals surface area contributed by atoms with Gasteiger partial charge in [0.2, 0.25) is 11.9 Å². The molecule has 2 fully saturated rings. The highest BCUT2D eigenvalue weighted by Crippen LogP contribution is 2.32. The Morgan fingerprint density at radius 1 is 1.15 bits per heavy atom. The van der Waals surface area contributed by atoms with Crippen molar-refractivity contribution in [3.05, 3.63) is 36.0 Å². The molecule has 2 aromatic rings. The molecule has 0 bridgehead atoms. The van der Waals surface area contributed by atoms with Crippen molar-refractivity contribution in [3.63, 3.8) is 0 Å². The Morgan fingerprint density at radius 3 is 2.58 bits per heavy atom. The molecule has 2 aliphatic heterocycles. The van der Waals surface area contributed by atoms with Crippen LogP contribution in [0.4, 0.5) is 5.95 Å². The number of piperidine rings is 1. The van der Waals surface area contributed by atoms with Gasteiger partial charge in [0.1, 0.15) is 5.76 Å². The van der Waals surface area contributed by atoms with Crippen LogP contribution in [0.5, 0.6) is 0 Å². The lowest BCUT2D eigenvalue weighted by molar-refractivity contribution is -0.129. The molecule has 7 nitrogen and oxygen atoms in total. The van der Waals surface area contributed by atoms with Crippen LogP contribution in [0, 0.1) is 18.8 Å². The van der Waals surface area contributed by atoms with Crippen LogP contribution in [0.25, 0.3) is 0 Å². The molecule has 0 aliphatic carbocycles. The summed E-state index contributed by atoms with van der Waals surface area (Å²) in [5.41, 5.74) is 0.821. The van der Waals surface area contributed by atoms with Crippen molar-refractivity contribution in [2.24, 2.45) is 11.8 Å². The predicted molar refractivity (Wildman–Crippen MR) is 96.6 cm³/mol. The number of aromatic nitrogens is 3. The zero-order valence-electron chi connectivity index (χ0n) is 15.2. The molecule has 4 rings (SSSR count). The summed E-state index contributed by atoms with van der Waals surface area (Å²) in [6.45, 7) is 5.60. The van der Waals surface area contributed by atoms with Gasteiger partial charge in [-0.2, -0.15) is 0 Å². The molecular formula is C19H25N5O2. The van der Waals surface area contributed by atoms with Crippen LogP contribution in [-0.2, 0) is 11.2 Å². The van der Waals surface area contributed by atoms with Crippen LogP contribution < -0.4 is 4.90 Å². The topological polar surface area (TPSA) is 75.4 Å². The van der Waals surface area contributed by atoms with Gasteiger partial charge in [-0.3, -0.25) is 4.79 Å². The Bertz CT molecular complexity index is 739. The van der Waals surface area contributed by atoms with Crippen LogP contribution in [0.3, 0.4) is 0 Å². The minimum absolute atomic E-state index is 0.152. The summed E-state index contributed by atoms with van der Waals surface area (Å²) < 4.78 is 5.18. The number of carbonyl (C=O) groups excluding carboxylic acids is 1. The molecule has 26 heavy (non-hydrogen) atoms. The van der Waals surface area contributed by atoms with E-state index in [2.05, 4.69) is 20.0 Å². The molecule has 2 saturated heterocycles. The lowest BCUT2D eigenvalue weighted by Crippen LogP contribution is -2.38. The molecule has 0 spiro atoms. The third-order valence-corrected chi connectivity index (χ3v) is 5.62. The first-order valence-corrected chi connectivity index (χ1v) is 9.41. The first-order valence-electron chi connectivity index (χ1n) is 9.41. The van der Waals surface area contributed by atoms with E-state index in [4.69, 9.17) is 4.52 Å². The average Bonchev–Trinajstić information content (AvgIpc) is 3.32. The minimum Gasteiger partial charge on any atom is -0.361 e. The molecular weight excluding hydrogens is 330 g/mol. The van der Waals surface area contributed by atoms with E-state index in [0.29, 0.717) is 24.0 Å². The largest absolute Gasteiger partial charge is 0.361 e. The Balaban J connectivity index is 1.27. The number of anilines is 1. The van der Waals surface area contributed by atoms with Gasteiger partial charge < -0.3 is 14.3 Å². The standard InChI is InChI=1S/C19H25N5O2/c1-14-11-17(26-22-14)12-18(25)24-10-5-16(13-24)15-3-8-23(9-4-15)19-20-6-2-7-21-19/h2,6-7,11,15-16H,3-5,8-10,12-13H2,1H3. The fourth-order valence-corrected chi connectivity index (χ4v) is 4.18. The van der Waals surface area contributed by atoms with Gasteiger partial charge in [0.05, 0.1) is 12.1 Å². The van der Waals surface area contributed by atoms with E-state index < -0.39 is 0 Å². The van der Waals surface area contributed by atoms with E-state index in [-0.39, 0.29) is 5.91 Å². The number of likely N-dealkylation sites (tertiary alicyclic amines) is 1. The highest BCUT2D eigenvalue weighted by Gasteiger charge is 2.34. The summed E-state index contributed by atoms with van der Waals surface area (Å²) in [4.78, 5) is 25.5. The SMILES string of the molecule is Cc1cc(CC(=O)N2CCC(C3CCN(c4ncccn4)CC3)C2)on1. The second-order valence-corrected chi connectivity index (χ2v) is 7.37. The van der Waals surface area contributed by atoms with Crippen molar-refractivity contribution < 1.29 is 9.32 Å². The maximum absolute atomic E-state index is 12.5. The van der Waals surface area contributed by atoms with Crippen LogP contribution in [-0.4, -0.2) is 52.1 Å². The number of hydrogen-bond donors (Lipinski definition) is 0. The Kier molecular flexibility index (Phi) is 4.86. The van der Waals surface area contributed by atoms with E-state index >= 15 is 0 Å². The molecule has 0 aromatic carbocycles. The van der Waals surface area contributed by atoms with Gasteiger partial charge in [0.25, 0.3) is 0 Å². The van der Waals surface area contributed by atoms with E-state index in [1.807, 2.05) is 24.0 Å². The maximum atomic E-state index is 12.5. The highest BCUT2D eigenvalue weighted by molar-refractivity contribution is 5.78. The van der Waals surface area contributed by atoms with E-state index in [1.54, 1.807) is 12.4 Å². The number of aryl methyl sites for hydroxylation is 1. The fourth-order valence-electron chi connectivity index (χ4n) is 4.18. The van der Waals surface area contributed by atoms with Crippen LogP contribution in [0.2, 0.25) is 0 Å². The maximum Gasteiger partial charge on any atom is 0.230 e. The second kappa shape index (κ2) is 7.43. The zero-order valence-corrected chi connectivity index (χ0v) is 15.2. The highest BCUT2D eigenvalue weighted by atomic mass is 16.5. The first-order chi connectivity index (χ1) is 12.7. The van der Waals surface area contributed by atoms with Gasteiger partial charge >= 0.3 is 0 Å². The third kappa shape index (κ3) is 3.71. The monoisotopic (exact) mass is 355 g/mol. The minimum atomic E-state index is 0.152. The molecule has 0 saturated carbocycles. The molecule has 2 aromatic heterocycles. The summed E-state index contributed by atoms with van der Waals surface area (Å²) in [5.74, 6) is 2.93. The van der Waals surface area contributed by atoms with Gasteiger partial charge in [-0.15, -0.1) is 0 Å². The number of carbonyl (C=O) groups is 1. The molecule has 2 aliphatic rings. The zero-order chi connectivity index (χ0) is 17.9. The van der Waals surface area contributed by atoms with E-state index in [1.165, 1.54) is 0 Å². The van der Waals surface area contributed by atoms with E-state index in [0.717, 1.165) is 57.1 Å². The van der Waals surface area contributed by atoms with Gasteiger partial charge in [-0.1, -0.05) is 5.16 Å². The van der Waals surface area contributed by atoms with E-state index in [9.17, 15) is 4.79 Å². The normalized spacial score (nSPS) is 21.3.